The van der Waals surface area contributed by atoms with Crippen molar-refractivity contribution in [1.82, 2.24) is 9.88 Å². The van der Waals surface area contributed by atoms with Crippen molar-refractivity contribution in [1.29, 1.82) is 0 Å². The highest BCUT2D eigenvalue weighted by Gasteiger charge is 2.20. The van der Waals surface area contributed by atoms with E-state index in [2.05, 4.69) is 4.98 Å². The number of aliphatic hydroxyl groups excluding tert-OH is 1. The van der Waals surface area contributed by atoms with Crippen LogP contribution in [0.15, 0.2) is 24.3 Å². The van der Waals surface area contributed by atoms with Gasteiger partial charge in [0.25, 0.3) is 0 Å². The highest BCUT2D eigenvalue weighted by atomic mass is 16.5. The zero-order valence-corrected chi connectivity index (χ0v) is 13.3. The van der Waals surface area contributed by atoms with Crippen LogP contribution in [0.4, 0.5) is 0 Å². The zero-order chi connectivity index (χ0) is 16.1. The van der Waals surface area contributed by atoms with Crippen LogP contribution in [0.25, 0.3) is 10.9 Å². The first kappa shape index (κ1) is 16.4. The predicted octanol–water partition coefficient (Wildman–Crippen LogP) is 2.14. The molecule has 0 spiro atoms. The van der Waals surface area contributed by atoms with Crippen molar-refractivity contribution in [3.8, 4) is 0 Å². The zero-order valence-electron chi connectivity index (χ0n) is 13.3. The van der Waals surface area contributed by atoms with Crippen LogP contribution in [0, 0.1) is 6.92 Å². The molecule has 0 atom stereocenters. The molecule has 0 fully saturated rings. The highest BCUT2D eigenvalue weighted by molar-refractivity contribution is 5.98. The topological polar surface area (TPSA) is 62.7 Å². The molecular formula is C17H22N2O3. The van der Waals surface area contributed by atoms with Crippen LogP contribution >= 0.6 is 0 Å². The smallest absolute Gasteiger partial charge is 0.340 e. The molecule has 0 saturated heterocycles. The number of pyridine rings is 1. The number of aryl methyl sites for hydroxylation is 1. The molecule has 1 N–H and O–H groups in total. The van der Waals surface area contributed by atoms with Crippen LogP contribution in [0.3, 0.4) is 0 Å². The van der Waals surface area contributed by atoms with Gasteiger partial charge < -0.3 is 9.84 Å². The maximum atomic E-state index is 12.3. The molecule has 1 heterocycles. The number of aromatic nitrogens is 1. The van der Waals surface area contributed by atoms with Crippen molar-refractivity contribution in [2.75, 3.05) is 26.8 Å². The van der Waals surface area contributed by atoms with E-state index in [4.69, 9.17) is 9.84 Å². The standard InChI is InChI=1S/C17H22N2O3/c1-4-22-17(21)16-12(2)13-7-5-6-8-14(13)18-15(16)11-19(3)9-10-20/h5-8,20H,4,9-11H2,1-3H3. The molecular weight excluding hydrogens is 280 g/mol. The molecule has 0 radical (unpaired) electrons. The number of likely N-dealkylation sites (N-methyl/N-ethyl adjacent to an activating group) is 1. The Morgan fingerprint density at radius 3 is 2.77 bits per heavy atom. The number of hydrogen-bond acceptors (Lipinski definition) is 5. The number of aliphatic hydroxyl groups is 1. The summed E-state index contributed by atoms with van der Waals surface area (Å²) in [6.07, 6.45) is 0. The van der Waals surface area contributed by atoms with Gasteiger partial charge in [-0.3, -0.25) is 9.88 Å². The summed E-state index contributed by atoms with van der Waals surface area (Å²) in [6, 6.07) is 7.76. The summed E-state index contributed by atoms with van der Waals surface area (Å²) in [7, 11) is 1.89. The van der Waals surface area contributed by atoms with Gasteiger partial charge in [-0.25, -0.2) is 4.79 Å². The van der Waals surface area contributed by atoms with E-state index in [0.29, 0.717) is 31.0 Å². The third-order valence-electron chi connectivity index (χ3n) is 3.61. The maximum Gasteiger partial charge on any atom is 0.340 e. The number of hydrogen-bond donors (Lipinski definition) is 1. The molecule has 118 valence electrons. The second kappa shape index (κ2) is 7.33. The van der Waals surface area contributed by atoms with E-state index in [1.54, 1.807) is 6.92 Å². The number of carbonyl (C=O) groups is 1. The lowest BCUT2D eigenvalue weighted by Gasteiger charge is -2.19. The van der Waals surface area contributed by atoms with E-state index in [0.717, 1.165) is 16.5 Å². The third-order valence-corrected chi connectivity index (χ3v) is 3.61. The predicted molar refractivity (Wildman–Crippen MR) is 85.9 cm³/mol. The molecule has 0 aliphatic carbocycles. The van der Waals surface area contributed by atoms with E-state index in [9.17, 15) is 4.79 Å². The minimum atomic E-state index is -0.342. The Labute approximate surface area is 130 Å². The molecule has 5 nitrogen and oxygen atoms in total. The van der Waals surface area contributed by atoms with Gasteiger partial charge >= 0.3 is 5.97 Å². The van der Waals surface area contributed by atoms with E-state index in [1.807, 2.05) is 43.1 Å². The van der Waals surface area contributed by atoms with Gasteiger partial charge in [-0.1, -0.05) is 18.2 Å². The molecule has 22 heavy (non-hydrogen) atoms. The molecule has 0 amide bonds. The maximum absolute atomic E-state index is 12.3. The van der Waals surface area contributed by atoms with Gasteiger partial charge in [0.15, 0.2) is 0 Å². The molecule has 0 bridgehead atoms. The van der Waals surface area contributed by atoms with E-state index in [1.165, 1.54) is 0 Å². The summed E-state index contributed by atoms with van der Waals surface area (Å²) < 4.78 is 5.19. The van der Waals surface area contributed by atoms with Crippen LogP contribution in [-0.2, 0) is 11.3 Å². The SMILES string of the molecule is CCOC(=O)c1c(CN(C)CCO)nc2ccccc2c1C. The lowest BCUT2D eigenvalue weighted by Crippen LogP contribution is -2.24. The van der Waals surface area contributed by atoms with E-state index >= 15 is 0 Å². The van der Waals surface area contributed by atoms with Crippen molar-refractivity contribution in [3.63, 3.8) is 0 Å². The highest BCUT2D eigenvalue weighted by Crippen LogP contribution is 2.24. The summed E-state index contributed by atoms with van der Waals surface area (Å²) in [5, 5.41) is 10.0. The molecule has 0 aliphatic heterocycles. The number of para-hydroxylation sites is 1. The van der Waals surface area contributed by atoms with Crippen molar-refractivity contribution in [2.45, 2.75) is 20.4 Å². The fraction of sp³-hybridized carbons (Fsp3) is 0.412. The van der Waals surface area contributed by atoms with Crippen LogP contribution < -0.4 is 0 Å². The fourth-order valence-electron chi connectivity index (χ4n) is 2.53. The molecule has 2 aromatic rings. The average molecular weight is 302 g/mol. The van der Waals surface area contributed by atoms with Crippen LogP contribution in [0.5, 0.6) is 0 Å². The molecule has 1 aromatic carbocycles. The Morgan fingerprint density at radius 2 is 2.09 bits per heavy atom. The average Bonchev–Trinajstić information content (AvgIpc) is 2.48. The van der Waals surface area contributed by atoms with Gasteiger partial charge in [0.05, 0.1) is 30.0 Å². The Kier molecular flexibility index (Phi) is 5.46. The number of carbonyl (C=O) groups excluding carboxylic acids is 1. The van der Waals surface area contributed by atoms with Crippen molar-refractivity contribution >= 4 is 16.9 Å². The normalized spacial score (nSPS) is 11.1. The monoisotopic (exact) mass is 302 g/mol. The van der Waals surface area contributed by atoms with Crippen LogP contribution in [0.2, 0.25) is 0 Å². The van der Waals surface area contributed by atoms with Gasteiger partial charge in [-0.2, -0.15) is 0 Å². The summed E-state index contributed by atoms with van der Waals surface area (Å²) in [5.41, 5.74) is 2.97. The quantitative estimate of drug-likeness (QED) is 0.828. The van der Waals surface area contributed by atoms with Gasteiger partial charge in [-0.15, -0.1) is 0 Å². The summed E-state index contributed by atoms with van der Waals surface area (Å²) >= 11 is 0. The molecule has 0 unspecified atom stereocenters. The first-order valence-corrected chi connectivity index (χ1v) is 7.43. The van der Waals surface area contributed by atoms with E-state index < -0.39 is 0 Å². The summed E-state index contributed by atoms with van der Waals surface area (Å²) in [4.78, 5) is 18.9. The first-order valence-electron chi connectivity index (χ1n) is 7.43. The van der Waals surface area contributed by atoms with Crippen LogP contribution in [0.1, 0.15) is 28.5 Å². The Bertz CT molecular complexity index is 670. The Hall–Kier alpha value is -1.98. The lowest BCUT2D eigenvalue weighted by atomic mass is 10.0. The molecule has 1 aromatic heterocycles. The minimum absolute atomic E-state index is 0.0673. The number of ether oxygens (including phenoxy) is 1. The van der Waals surface area contributed by atoms with Crippen LogP contribution in [-0.4, -0.2) is 47.8 Å². The lowest BCUT2D eigenvalue weighted by molar-refractivity contribution is 0.0522. The summed E-state index contributed by atoms with van der Waals surface area (Å²) in [5.74, 6) is -0.342. The second-order valence-corrected chi connectivity index (χ2v) is 5.26. The van der Waals surface area contributed by atoms with Crippen molar-refractivity contribution < 1.29 is 14.6 Å². The van der Waals surface area contributed by atoms with E-state index in [-0.39, 0.29) is 12.6 Å². The number of nitrogens with zero attached hydrogens (tertiary/aromatic N) is 2. The van der Waals surface area contributed by atoms with Crippen molar-refractivity contribution in [2.24, 2.45) is 0 Å². The Morgan fingerprint density at radius 1 is 1.36 bits per heavy atom. The van der Waals surface area contributed by atoms with Gasteiger partial charge in [0, 0.05) is 18.5 Å². The molecule has 0 saturated carbocycles. The third kappa shape index (κ3) is 3.43. The fourth-order valence-corrected chi connectivity index (χ4v) is 2.53. The number of benzene rings is 1. The number of esters is 1. The number of rotatable bonds is 6. The summed E-state index contributed by atoms with van der Waals surface area (Å²) in [6.45, 7) is 5.12. The molecule has 2 rings (SSSR count). The largest absolute Gasteiger partial charge is 0.462 e. The van der Waals surface area contributed by atoms with Gasteiger partial charge in [0.1, 0.15) is 0 Å². The Balaban J connectivity index is 2.55. The molecule has 0 aliphatic rings. The van der Waals surface area contributed by atoms with Gasteiger partial charge in [0.2, 0.25) is 0 Å². The van der Waals surface area contributed by atoms with Crippen molar-refractivity contribution in [3.05, 3.63) is 41.1 Å². The van der Waals surface area contributed by atoms with Gasteiger partial charge in [-0.05, 0) is 32.5 Å². The first-order chi connectivity index (χ1) is 10.6. The second-order valence-electron chi connectivity index (χ2n) is 5.26. The number of fused-ring (bicyclic) bond motifs is 1. The molecule has 5 heteroatoms. The minimum Gasteiger partial charge on any atom is -0.462 e.